The molecule has 0 bridgehead atoms. The Morgan fingerprint density at radius 3 is 2.12 bits per heavy atom. The van der Waals surface area contributed by atoms with E-state index in [1.54, 1.807) is 0 Å². The third-order valence-electron chi connectivity index (χ3n) is 1.07. The Morgan fingerprint density at radius 2 is 2.00 bits per heavy atom. The highest BCUT2D eigenvalue weighted by molar-refractivity contribution is 4.78. The molecule has 0 aliphatic carbocycles. The van der Waals surface area contributed by atoms with Crippen LogP contribution in [0.5, 0.6) is 0 Å². The number of rotatable bonds is 3. The van der Waals surface area contributed by atoms with E-state index in [9.17, 15) is 0 Å². The Morgan fingerprint density at radius 1 is 1.50 bits per heavy atom. The number of aliphatic hydroxyl groups is 1. The number of hydrogen-bond donors (Lipinski definition) is 1. The summed E-state index contributed by atoms with van der Waals surface area (Å²) in [6, 6.07) is 0. The molecular formula is C7H15O. The Bertz CT molecular complexity index is 50.3. The van der Waals surface area contributed by atoms with Crippen LogP contribution in [0, 0.1) is 11.8 Å². The normalized spacial score (nSPS) is 14.6. The van der Waals surface area contributed by atoms with Gasteiger partial charge in [-0.1, -0.05) is 20.8 Å². The topological polar surface area (TPSA) is 20.2 Å². The van der Waals surface area contributed by atoms with Gasteiger partial charge in [0.05, 0.1) is 0 Å². The molecule has 1 heteroatoms. The zero-order valence-corrected chi connectivity index (χ0v) is 5.94. The first kappa shape index (κ1) is 7.96. The van der Waals surface area contributed by atoms with E-state index in [2.05, 4.69) is 13.8 Å². The maximum absolute atomic E-state index is 8.57. The fraction of sp³-hybridized carbons (Fsp3) is 0.857. The number of hydrogen-bond acceptors (Lipinski definition) is 1. The molecule has 1 nitrogen and oxygen atoms in total. The van der Waals surface area contributed by atoms with Crippen molar-refractivity contribution in [2.75, 3.05) is 6.61 Å². The van der Waals surface area contributed by atoms with Gasteiger partial charge >= 0.3 is 0 Å². The van der Waals surface area contributed by atoms with Crippen molar-refractivity contribution < 1.29 is 5.11 Å². The summed E-state index contributed by atoms with van der Waals surface area (Å²) in [5.74, 6) is 1.84. The van der Waals surface area contributed by atoms with Crippen LogP contribution in [0.4, 0.5) is 0 Å². The van der Waals surface area contributed by atoms with Crippen molar-refractivity contribution in [2.24, 2.45) is 5.92 Å². The molecule has 49 valence electrons. The summed E-state index contributed by atoms with van der Waals surface area (Å²) in [7, 11) is 0. The van der Waals surface area contributed by atoms with Crippen molar-refractivity contribution in [3.05, 3.63) is 5.92 Å². The van der Waals surface area contributed by atoms with Crippen molar-refractivity contribution in [3.8, 4) is 0 Å². The third kappa shape index (κ3) is 4.13. The quantitative estimate of drug-likeness (QED) is 0.592. The second kappa shape index (κ2) is 3.90. The monoisotopic (exact) mass is 115 g/mol. The highest BCUT2D eigenvalue weighted by Crippen LogP contribution is 2.10. The third-order valence-corrected chi connectivity index (χ3v) is 1.07. The molecule has 1 N–H and O–H groups in total. The van der Waals surface area contributed by atoms with Gasteiger partial charge in [-0.2, -0.15) is 0 Å². The lowest BCUT2D eigenvalue weighted by molar-refractivity contribution is 0.233. The molecule has 0 aromatic heterocycles. The van der Waals surface area contributed by atoms with E-state index in [0.29, 0.717) is 12.5 Å². The Balaban J connectivity index is 3.10. The van der Waals surface area contributed by atoms with Gasteiger partial charge in [-0.15, -0.1) is 0 Å². The van der Waals surface area contributed by atoms with E-state index in [-0.39, 0.29) is 0 Å². The molecule has 0 spiro atoms. The first-order chi connectivity index (χ1) is 3.66. The van der Waals surface area contributed by atoms with E-state index in [0.717, 1.165) is 6.42 Å². The predicted octanol–water partition coefficient (Wildman–Crippen LogP) is 1.62. The van der Waals surface area contributed by atoms with Crippen LogP contribution in [0.15, 0.2) is 0 Å². The maximum atomic E-state index is 8.57. The average molecular weight is 115 g/mol. The molecule has 0 rings (SSSR count). The molecule has 0 heterocycles. The van der Waals surface area contributed by atoms with Crippen molar-refractivity contribution >= 4 is 0 Å². The van der Waals surface area contributed by atoms with Gasteiger partial charge < -0.3 is 5.11 Å². The lowest BCUT2D eigenvalue weighted by Crippen LogP contribution is -2.02. The fourth-order valence-electron chi connectivity index (χ4n) is 0.761. The van der Waals surface area contributed by atoms with Gasteiger partial charge in [-0.05, 0) is 18.3 Å². The molecule has 0 amide bonds. The molecule has 0 fully saturated rings. The summed E-state index contributed by atoms with van der Waals surface area (Å²) in [5, 5.41) is 8.57. The molecule has 0 unspecified atom stereocenters. The molecule has 1 atom stereocenters. The smallest absolute Gasteiger partial charge is 0.0456 e. The molecule has 0 aromatic rings. The van der Waals surface area contributed by atoms with E-state index >= 15 is 0 Å². The van der Waals surface area contributed by atoms with Gasteiger partial charge in [0.2, 0.25) is 0 Å². The second-order valence-electron chi connectivity index (χ2n) is 2.70. The highest BCUT2D eigenvalue weighted by atomic mass is 16.3. The van der Waals surface area contributed by atoms with Gasteiger partial charge in [0.1, 0.15) is 0 Å². The van der Waals surface area contributed by atoms with Gasteiger partial charge in [-0.3, -0.25) is 0 Å². The number of aliphatic hydroxyl groups excluding tert-OH is 1. The van der Waals surface area contributed by atoms with Crippen molar-refractivity contribution in [1.29, 1.82) is 0 Å². The molecule has 1 radical (unpaired) electrons. The predicted molar refractivity (Wildman–Crippen MR) is 35.5 cm³/mol. The van der Waals surface area contributed by atoms with Crippen molar-refractivity contribution in [3.63, 3.8) is 0 Å². The minimum absolute atomic E-state index is 0.311. The summed E-state index contributed by atoms with van der Waals surface area (Å²) in [6.45, 7) is 6.54. The van der Waals surface area contributed by atoms with Crippen LogP contribution in [0.2, 0.25) is 0 Å². The summed E-state index contributed by atoms with van der Waals surface area (Å²) in [5.41, 5.74) is 0. The Labute approximate surface area is 51.7 Å². The van der Waals surface area contributed by atoms with E-state index in [1.165, 1.54) is 5.92 Å². The van der Waals surface area contributed by atoms with Crippen LogP contribution in [-0.2, 0) is 0 Å². The molecule has 8 heavy (non-hydrogen) atoms. The molecule has 0 aliphatic heterocycles. The summed E-state index contributed by atoms with van der Waals surface area (Å²) >= 11 is 0. The lowest BCUT2D eigenvalue weighted by atomic mass is 10.0. The lowest BCUT2D eigenvalue weighted by Gasteiger charge is -2.08. The highest BCUT2D eigenvalue weighted by Gasteiger charge is 2.01. The molecular weight excluding hydrogens is 100 g/mol. The van der Waals surface area contributed by atoms with Gasteiger partial charge in [0, 0.05) is 6.61 Å². The molecule has 0 aromatic carbocycles. The van der Waals surface area contributed by atoms with Crippen LogP contribution >= 0.6 is 0 Å². The van der Waals surface area contributed by atoms with Crippen LogP contribution < -0.4 is 0 Å². The fourth-order valence-corrected chi connectivity index (χ4v) is 0.761. The van der Waals surface area contributed by atoms with Gasteiger partial charge in [0.25, 0.3) is 0 Å². The minimum Gasteiger partial charge on any atom is -0.396 e. The van der Waals surface area contributed by atoms with Crippen LogP contribution in [-0.4, -0.2) is 11.7 Å². The summed E-state index contributed by atoms with van der Waals surface area (Å²) in [6.07, 6.45) is 1.05. The molecule has 0 saturated carbocycles. The maximum Gasteiger partial charge on any atom is 0.0456 e. The van der Waals surface area contributed by atoms with E-state index in [1.807, 2.05) is 6.92 Å². The first-order valence-electron chi connectivity index (χ1n) is 3.06. The first-order valence-corrected chi connectivity index (χ1v) is 3.06. The van der Waals surface area contributed by atoms with Crippen LogP contribution in [0.1, 0.15) is 27.2 Å². The van der Waals surface area contributed by atoms with E-state index in [4.69, 9.17) is 5.11 Å². The van der Waals surface area contributed by atoms with Crippen molar-refractivity contribution in [2.45, 2.75) is 27.2 Å². The van der Waals surface area contributed by atoms with Gasteiger partial charge in [0.15, 0.2) is 0 Å². The van der Waals surface area contributed by atoms with E-state index < -0.39 is 0 Å². The minimum atomic E-state index is 0.311. The average Bonchev–Trinajstić information content (AvgIpc) is 1.65. The SMILES string of the molecule is C[C](C)C[C@H](C)CO. The van der Waals surface area contributed by atoms with Crippen LogP contribution in [0.3, 0.4) is 0 Å². The zero-order chi connectivity index (χ0) is 6.57. The zero-order valence-electron chi connectivity index (χ0n) is 5.94. The van der Waals surface area contributed by atoms with Crippen molar-refractivity contribution in [1.82, 2.24) is 0 Å². The largest absolute Gasteiger partial charge is 0.396 e. The standard InChI is InChI=1S/C7H15O/c1-6(2)4-7(3)5-8/h7-8H,4-5H2,1-3H3/t7-/m0/s1. The Kier molecular flexibility index (Phi) is 3.88. The van der Waals surface area contributed by atoms with Crippen LogP contribution in [0.25, 0.3) is 0 Å². The summed E-state index contributed by atoms with van der Waals surface area (Å²) < 4.78 is 0. The molecule has 0 aliphatic rings. The van der Waals surface area contributed by atoms with Gasteiger partial charge in [-0.25, -0.2) is 0 Å². The second-order valence-corrected chi connectivity index (χ2v) is 2.70. The Hall–Kier alpha value is -0.0400. The molecule has 0 saturated heterocycles. The summed E-state index contributed by atoms with van der Waals surface area (Å²) in [4.78, 5) is 0.